The first-order chi connectivity index (χ1) is 8.16. The van der Waals surface area contributed by atoms with Gasteiger partial charge in [0.25, 0.3) is 0 Å². The normalized spacial score (nSPS) is 35.8. The van der Waals surface area contributed by atoms with Gasteiger partial charge in [-0.1, -0.05) is 31.2 Å². The Kier molecular flexibility index (Phi) is 2.33. The lowest BCUT2D eigenvalue weighted by atomic mass is 9.91. The molecule has 0 spiro atoms. The highest BCUT2D eigenvalue weighted by Crippen LogP contribution is 2.43. The fourth-order valence-corrected chi connectivity index (χ4v) is 2.07. The molecule has 4 heteroatoms. The zero-order valence-electron chi connectivity index (χ0n) is 9.64. The van der Waals surface area contributed by atoms with E-state index in [-0.39, 0.29) is 5.41 Å². The maximum atomic E-state index is 10.6. The molecule has 3 aliphatic rings. The van der Waals surface area contributed by atoms with Gasteiger partial charge >= 0.3 is 5.97 Å². The van der Waals surface area contributed by atoms with Crippen molar-refractivity contribution < 1.29 is 19.0 Å². The molecule has 3 fully saturated rings. The van der Waals surface area contributed by atoms with Gasteiger partial charge in [0.1, 0.15) is 6.29 Å². The van der Waals surface area contributed by atoms with Crippen molar-refractivity contribution in [2.45, 2.75) is 12.9 Å². The molecule has 4 rings (SSSR count). The van der Waals surface area contributed by atoms with E-state index in [2.05, 4.69) is 6.92 Å². The lowest BCUT2D eigenvalue weighted by Gasteiger charge is -2.50. The average Bonchev–Trinajstić information content (AvgIpc) is 2.40. The topological polar surface area (TPSA) is 44.8 Å². The van der Waals surface area contributed by atoms with Crippen molar-refractivity contribution in [1.82, 2.24) is 0 Å². The summed E-state index contributed by atoms with van der Waals surface area (Å²) in [6.07, 6.45) is 0.808. The monoisotopic (exact) mass is 234 g/mol. The number of aldehydes is 1. The largest absolute Gasteiger partial charge is 0.323 e. The molecule has 0 saturated carbocycles. The van der Waals surface area contributed by atoms with Crippen molar-refractivity contribution in [2.75, 3.05) is 19.8 Å². The van der Waals surface area contributed by atoms with E-state index in [1.54, 1.807) is 24.3 Å². The van der Waals surface area contributed by atoms with E-state index in [4.69, 9.17) is 14.2 Å². The van der Waals surface area contributed by atoms with Gasteiger partial charge < -0.3 is 14.2 Å². The minimum atomic E-state index is -1.07. The third-order valence-electron chi connectivity index (χ3n) is 3.23. The number of carbonyl (C=O) groups excluding carboxylic acids is 1. The predicted molar refractivity (Wildman–Crippen MR) is 59.5 cm³/mol. The van der Waals surface area contributed by atoms with Crippen LogP contribution >= 0.6 is 0 Å². The highest BCUT2D eigenvalue weighted by atomic mass is 16.9. The smallest absolute Gasteiger partial charge is 0.312 e. The van der Waals surface area contributed by atoms with Crippen LogP contribution in [0.15, 0.2) is 24.3 Å². The Labute approximate surface area is 99.5 Å². The minimum Gasteiger partial charge on any atom is -0.323 e. The van der Waals surface area contributed by atoms with Gasteiger partial charge in [0.15, 0.2) is 0 Å². The minimum absolute atomic E-state index is 0.0372. The lowest BCUT2D eigenvalue weighted by molar-refractivity contribution is -0.477. The van der Waals surface area contributed by atoms with Crippen LogP contribution in [0.5, 0.6) is 0 Å². The molecule has 3 heterocycles. The van der Waals surface area contributed by atoms with Crippen molar-refractivity contribution in [3.05, 3.63) is 35.4 Å². The van der Waals surface area contributed by atoms with Crippen LogP contribution in [-0.2, 0) is 20.2 Å². The molecule has 0 unspecified atom stereocenters. The fourth-order valence-electron chi connectivity index (χ4n) is 2.07. The van der Waals surface area contributed by atoms with Crippen LogP contribution in [0.1, 0.15) is 22.8 Å². The third-order valence-corrected chi connectivity index (χ3v) is 3.23. The van der Waals surface area contributed by atoms with Gasteiger partial charge in [-0.05, 0) is 0 Å². The van der Waals surface area contributed by atoms with Gasteiger partial charge in [-0.3, -0.25) is 4.79 Å². The first-order valence-corrected chi connectivity index (χ1v) is 5.63. The molecular formula is C13H14O4. The molecule has 17 heavy (non-hydrogen) atoms. The molecule has 0 aromatic heterocycles. The summed E-state index contributed by atoms with van der Waals surface area (Å²) in [5.41, 5.74) is 1.39. The SMILES string of the molecule is CC12COC(c3ccc(C=O)cc3)(OC1)OC2. The quantitative estimate of drug-likeness (QED) is 0.730. The maximum absolute atomic E-state index is 10.6. The van der Waals surface area contributed by atoms with E-state index in [0.717, 1.165) is 11.8 Å². The summed E-state index contributed by atoms with van der Waals surface area (Å²) in [5, 5.41) is 0. The molecule has 0 atom stereocenters. The van der Waals surface area contributed by atoms with Crippen LogP contribution in [0.4, 0.5) is 0 Å². The third kappa shape index (κ3) is 1.69. The first kappa shape index (κ1) is 10.9. The Hall–Kier alpha value is -1.23. The number of fused-ring (bicyclic) bond motifs is 3. The summed E-state index contributed by atoms with van der Waals surface area (Å²) < 4.78 is 17.1. The number of ether oxygens (including phenoxy) is 3. The summed E-state index contributed by atoms with van der Waals surface area (Å²) in [4.78, 5) is 10.6. The summed E-state index contributed by atoms with van der Waals surface area (Å²) >= 11 is 0. The molecule has 0 N–H and O–H groups in total. The second kappa shape index (κ2) is 3.63. The Morgan fingerprint density at radius 2 is 1.59 bits per heavy atom. The molecular weight excluding hydrogens is 220 g/mol. The van der Waals surface area contributed by atoms with Gasteiger partial charge in [-0.2, -0.15) is 0 Å². The highest BCUT2D eigenvalue weighted by molar-refractivity contribution is 5.74. The van der Waals surface area contributed by atoms with Crippen LogP contribution in [0.3, 0.4) is 0 Å². The molecule has 1 aromatic carbocycles. The second-order valence-corrected chi connectivity index (χ2v) is 4.97. The Balaban J connectivity index is 1.90. The Morgan fingerprint density at radius 3 is 2.06 bits per heavy atom. The maximum Gasteiger partial charge on any atom is 0.312 e. The van der Waals surface area contributed by atoms with Crippen LogP contribution in [-0.4, -0.2) is 26.1 Å². The van der Waals surface area contributed by atoms with Crippen molar-refractivity contribution in [2.24, 2.45) is 5.41 Å². The summed E-state index contributed by atoms with van der Waals surface area (Å²) in [5.74, 6) is -1.07. The van der Waals surface area contributed by atoms with E-state index in [1.807, 2.05) is 0 Å². The summed E-state index contributed by atoms with van der Waals surface area (Å²) in [7, 11) is 0. The number of carbonyl (C=O) groups is 1. The molecule has 0 aliphatic carbocycles. The molecule has 0 radical (unpaired) electrons. The number of rotatable bonds is 2. The van der Waals surface area contributed by atoms with Crippen molar-refractivity contribution >= 4 is 6.29 Å². The van der Waals surface area contributed by atoms with Crippen molar-refractivity contribution in [1.29, 1.82) is 0 Å². The number of benzene rings is 1. The summed E-state index contributed by atoms with van der Waals surface area (Å²) in [6.45, 7) is 3.96. The standard InChI is InChI=1S/C13H14O4/c1-12-7-15-13(16-8-12,17-9-12)11-4-2-10(6-14)3-5-11/h2-6H,7-9H2,1H3. The zero-order chi connectivity index (χ0) is 11.9. The molecule has 3 aliphatic heterocycles. The van der Waals surface area contributed by atoms with Gasteiger partial charge in [0, 0.05) is 16.5 Å². The molecule has 1 aromatic rings. The van der Waals surface area contributed by atoms with E-state index < -0.39 is 5.97 Å². The van der Waals surface area contributed by atoms with Gasteiger partial charge in [0.05, 0.1) is 19.8 Å². The average molecular weight is 234 g/mol. The number of hydrogen-bond acceptors (Lipinski definition) is 4. The molecule has 2 bridgehead atoms. The van der Waals surface area contributed by atoms with E-state index in [9.17, 15) is 4.79 Å². The fraction of sp³-hybridized carbons (Fsp3) is 0.462. The summed E-state index contributed by atoms with van der Waals surface area (Å²) in [6, 6.07) is 7.07. The van der Waals surface area contributed by atoms with Gasteiger partial charge in [-0.25, -0.2) is 0 Å². The van der Waals surface area contributed by atoms with Crippen molar-refractivity contribution in [3.8, 4) is 0 Å². The van der Waals surface area contributed by atoms with Gasteiger partial charge in [-0.15, -0.1) is 0 Å². The lowest BCUT2D eigenvalue weighted by Crippen LogP contribution is -2.57. The van der Waals surface area contributed by atoms with Crippen LogP contribution in [0, 0.1) is 5.41 Å². The zero-order valence-corrected chi connectivity index (χ0v) is 9.64. The van der Waals surface area contributed by atoms with Gasteiger partial charge in [0.2, 0.25) is 0 Å². The van der Waals surface area contributed by atoms with Crippen molar-refractivity contribution in [3.63, 3.8) is 0 Å². The molecule has 4 nitrogen and oxygen atoms in total. The Morgan fingerprint density at radius 1 is 1.06 bits per heavy atom. The Bertz CT molecular complexity index is 413. The van der Waals surface area contributed by atoms with Crippen LogP contribution < -0.4 is 0 Å². The first-order valence-electron chi connectivity index (χ1n) is 5.63. The number of hydrogen-bond donors (Lipinski definition) is 0. The predicted octanol–water partition coefficient (Wildman–Crippen LogP) is 1.69. The van der Waals surface area contributed by atoms with E-state index in [0.29, 0.717) is 25.4 Å². The van der Waals surface area contributed by atoms with Crippen LogP contribution in [0.2, 0.25) is 0 Å². The van der Waals surface area contributed by atoms with Crippen LogP contribution in [0.25, 0.3) is 0 Å². The van der Waals surface area contributed by atoms with E-state index >= 15 is 0 Å². The molecule has 0 amide bonds. The highest BCUT2D eigenvalue weighted by Gasteiger charge is 2.51. The van der Waals surface area contributed by atoms with E-state index in [1.165, 1.54) is 0 Å². The molecule has 90 valence electrons. The molecule has 3 saturated heterocycles. The second-order valence-electron chi connectivity index (χ2n) is 4.97.